The smallest absolute Gasteiger partial charge is 0.243 e. The van der Waals surface area contributed by atoms with Gasteiger partial charge in [0.25, 0.3) is 0 Å². The standard InChI is InChI=1S/C22H22FN3O3S/c1-29-19-6-2-4-16(12-19)21-13-24-14-22(25-21)17-5-3-11-26(15-17)30(27,28)20-9-7-18(23)8-10-20/h2,4,6-10,12-14,17H,3,5,11,15H2,1H3. The van der Waals surface area contributed by atoms with Crippen molar-refractivity contribution < 1.29 is 17.5 Å². The van der Waals surface area contributed by atoms with E-state index in [9.17, 15) is 12.8 Å². The van der Waals surface area contributed by atoms with Crippen molar-refractivity contribution in [3.05, 3.63) is 72.4 Å². The summed E-state index contributed by atoms with van der Waals surface area (Å²) in [6.07, 6.45) is 4.93. The average molecular weight is 428 g/mol. The van der Waals surface area contributed by atoms with Crippen LogP contribution in [0, 0.1) is 5.82 Å². The minimum Gasteiger partial charge on any atom is -0.497 e. The lowest BCUT2D eigenvalue weighted by atomic mass is 9.96. The summed E-state index contributed by atoms with van der Waals surface area (Å²) < 4.78 is 45.9. The van der Waals surface area contributed by atoms with Gasteiger partial charge in [0.15, 0.2) is 0 Å². The van der Waals surface area contributed by atoms with Crippen LogP contribution >= 0.6 is 0 Å². The zero-order valence-electron chi connectivity index (χ0n) is 16.5. The van der Waals surface area contributed by atoms with E-state index in [1.165, 1.54) is 16.4 Å². The summed E-state index contributed by atoms with van der Waals surface area (Å²) in [5.41, 5.74) is 2.36. The Bertz CT molecular complexity index is 1140. The van der Waals surface area contributed by atoms with Gasteiger partial charge in [0.1, 0.15) is 11.6 Å². The number of aromatic nitrogens is 2. The van der Waals surface area contributed by atoms with Crippen LogP contribution in [0.5, 0.6) is 5.75 Å². The van der Waals surface area contributed by atoms with Crippen molar-refractivity contribution in [2.24, 2.45) is 0 Å². The number of benzene rings is 2. The molecule has 0 saturated carbocycles. The molecule has 0 spiro atoms. The number of ether oxygens (including phenoxy) is 1. The number of methoxy groups -OCH3 is 1. The van der Waals surface area contributed by atoms with Gasteiger partial charge >= 0.3 is 0 Å². The first-order valence-corrected chi connectivity index (χ1v) is 11.1. The quantitative estimate of drug-likeness (QED) is 0.618. The molecule has 1 saturated heterocycles. The molecule has 1 aliphatic rings. The highest BCUT2D eigenvalue weighted by molar-refractivity contribution is 7.89. The van der Waals surface area contributed by atoms with Crippen molar-refractivity contribution in [3.63, 3.8) is 0 Å². The second-order valence-electron chi connectivity index (χ2n) is 7.22. The topological polar surface area (TPSA) is 72.4 Å². The summed E-state index contributed by atoms with van der Waals surface area (Å²) >= 11 is 0. The predicted molar refractivity (Wildman–Crippen MR) is 111 cm³/mol. The lowest BCUT2D eigenvalue weighted by Crippen LogP contribution is -2.39. The Balaban J connectivity index is 1.58. The van der Waals surface area contributed by atoms with E-state index in [-0.39, 0.29) is 10.8 Å². The van der Waals surface area contributed by atoms with Crippen LogP contribution in [-0.4, -0.2) is 42.9 Å². The van der Waals surface area contributed by atoms with Crippen LogP contribution < -0.4 is 4.74 Å². The van der Waals surface area contributed by atoms with Gasteiger partial charge in [-0.1, -0.05) is 12.1 Å². The van der Waals surface area contributed by atoms with Crippen molar-refractivity contribution in [3.8, 4) is 17.0 Å². The van der Waals surface area contributed by atoms with Crippen LogP contribution in [-0.2, 0) is 10.0 Å². The number of rotatable bonds is 5. The van der Waals surface area contributed by atoms with E-state index in [0.29, 0.717) is 18.8 Å². The van der Waals surface area contributed by atoms with E-state index < -0.39 is 15.8 Å². The van der Waals surface area contributed by atoms with Gasteiger partial charge < -0.3 is 4.74 Å². The molecule has 4 rings (SSSR count). The summed E-state index contributed by atoms with van der Waals surface area (Å²) in [5.74, 6) is 0.205. The molecule has 1 aromatic heterocycles. The molecule has 2 aromatic carbocycles. The van der Waals surface area contributed by atoms with E-state index in [1.54, 1.807) is 19.5 Å². The molecule has 0 N–H and O–H groups in total. The third-order valence-electron chi connectivity index (χ3n) is 5.27. The summed E-state index contributed by atoms with van der Waals surface area (Å²) in [6, 6.07) is 12.5. The molecule has 1 atom stereocenters. The van der Waals surface area contributed by atoms with Crippen molar-refractivity contribution in [2.75, 3.05) is 20.2 Å². The molecule has 1 aliphatic heterocycles. The molecule has 6 nitrogen and oxygen atoms in total. The summed E-state index contributed by atoms with van der Waals surface area (Å²) in [6.45, 7) is 0.745. The summed E-state index contributed by atoms with van der Waals surface area (Å²) in [5, 5.41) is 0. The van der Waals surface area contributed by atoms with Crippen LogP contribution in [0.1, 0.15) is 24.5 Å². The molecule has 0 bridgehead atoms. The molecule has 1 fully saturated rings. The first kappa shape index (κ1) is 20.4. The largest absolute Gasteiger partial charge is 0.497 e. The zero-order valence-corrected chi connectivity index (χ0v) is 17.3. The second kappa shape index (κ2) is 8.49. The van der Waals surface area contributed by atoms with E-state index in [1.807, 2.05) is 24.3 Å². The van der Waals surface area contributed by atoms with Gasteiger partial charge in [0.05, 0.1) is 29.6 Å². The van der Waals surface area contributed by atoms with Crippen LogP contribution in [0.2, 0.25) is 0 Å². The van der Waals surface area contributed by atoms with Crippen LogP contribution in [0.25, 0.3) is 11.3 Å². The minimum absolute atomic E-state index is 0.0629. The first-order valence-electron chi connectivity index (χ1n) is 9.69. The second-order valence-corrected chi connectivity index (χ2v) is 9.16. The van der Waals surface area contributed by atoms with E-state index >= 15 is 0 Å². The monoisotopic (exact) mass is 427 g/mol. The first-order chi connectivity index (χ1) is 14.5. The van der Waals surface area contributed by atoms with Crippen LogP contribution in [0.4, 0.5) is 4.39 Å². The Morgan fingerprint density at radius 3 is 2.70 bits per heavy atom. The lowest BCUT2D eigenvalue weighted by molar-refractivity contribution is 0.312. The Morgan fingerprint density at radius 1 is 1.13 bits per heavy atom. The van der Waals surface area contributed by atoms with Gasteiger partial charge in [0.2, 0.25) is 10.0 Å². The highest BCUT2D eigenvalue weighted by atomic mass is 32.2. The third-order valence-corrected chi connectivity index (χ3v) is 7.15. The summed E-state index contributed by atoms with van der Waals surface area (Å²) in [4.78, 5) is 9.19. The third kappa shape index (κ3) is 4.20. The number of halogens is 1. The van der Waals surface area contributed by atoms with Crippen LogP contribution in [0.3, 0.4) is 0 Å². The normalized spacial score (nSPS) is 17.6. The molecular formula is C22H22FN3O3S. The molecule has 156 valence electrons. The lowest BCUT2D eigenvalue weighted by Gasteiger charge is -2.31. The number of hydrogen-bond donors (Lipinski definition) is 0. The molecule has 3 aromatic rings. The van der Waals surface area contributed by atoms with Gasteiger partial charge in [-0.2, -0.15) is 4.31 Å². The molecule has 2 heterocycles. The fraction of sp³-hybridized carbons (Fsp3) is 0.273. The van der Waals surface area contributed by atoms with Gasteiger partial charge in [-0.15, -0.1) is 0 Å². The number of piperidine rings is 1. The maximum atomic E-state index is 13.2. The molecule has 0 radical (unpaired) electrons. The maximum absolute atomic E-state index is 13.2. The highest BCUT2D eigenvalue weighted by Gasteiger charge is 2.31. The Morgan fingerprint density at radius 2 is 1.93 bits per heavy atom. The highest BCUT2D eigenvalue weighted by Crippen LogP contribution is 2.30. The maximum Gasteiger partial charge on any atom is 0.243 e. The molecular weight excluding hydrogens is 405 g/mol. The van der Waals surface area contributed by atoms with Crippen molar-refractivity contribution in [1.29, 1.82) is 0 Å². The van der Waals surface area contributed by atoms with Crippen LogP contribution in [0.15, 0.2) is 65.8 Å². The Kier molecular flexibility index (Phi) is 5.78. The Hall–Kier alpha value is -2.84. The van der Waals surface area contributed by atoms with Gasteiger partial charge in [-0.05, 0) is 49.2 Å². The molecule has 0 aliphatic carbocycles. The van der Waals surface area contributed by atoms with Gasteiger partial charge in [-0.3, -0.25) is 4.98 Å². The fourth-order valence-electron chi connectivity index (χ4n) is 3.66. The molecule has 0 amide bonds. The van der Waals surface area contributed by atoms with Crippen molar-refractivity contribution in [2.45, 2.75) is 23.7 Å². The average Bonchev–Trinajstić information content (AvgIpc) is 2.79. The molecule has 30 heavy (non-hydrogen) atoms. The van der Waals surface area contributed by atoms with Gasteiger partial charge in [0, 0.05) is 30.8 Å². The van der Waals surface area contributed by atoms with E-state index in [2.05, 4.69) is 4.98 Å². The predicted octanol–water partition coefficient (Wildman–Crippen LogP) is 3.86. The number of nitrogens with zero attached hydrogens (tertiary/aromatic N) is 3. The van der Waals surface area contributed by atoms with E-state index in [0.717, 1.165) is 42.0 Å². The van der Waals surface area contributed by atoms with E-state index in [4.69, 9.17) is 9.72 Å². The Labute approximate surface area is 175 Å². The fourth-order valence-corrected chi connectivity index (χ4v) is 5.18. The number of hydrogen-bond acceptors (Lipinski definition) is 5. The minimum atomic E-state index is -3.69. The molecule has 8 heteroatoms. The number of sulfonamides is 1. The molecule has 1 unspecified atom stereocenters. The summed E-state index contributed by atoms with van der Waals surface area (Å²) in [7, 11) is -2.08. The SMILES string of the molecule is COc1cccc(-c2cncc(C3CCCN(S(=O)(=O)c4ccc(F)cc4)C3)n2)c1. The van der Waals surface area contributed by atoms with Crippen molar-refractivity contribution >= 4 is 10.0 Å². The zero-order chi connectivity index (χ0) is 21.1. The van der Waals surface area contributed by atoms with Gasteiger partial charge in [-0.25, -0.2) is 17.8 Å². The van der Waals surface area contributed by atoms with Crippen molar-refractivity contribution in [1.82, 2.24) is 14.3 Å².